The first kappa shape index (κ1) is 26.8. The van der Waals surface area contributed by atoms with Crippen molar-refractivity contribution in [3.63, 3.8) is 0 Å². The molecular weight excluding hydrogens is 468 g/mol. The molecule has 3 heterocycles. The van der Waals surface area contributed by atoms with E-state index in [1.165, 1.54) is 5.56 Å². The first-order chi connectivity index (χ1) is 17.9. The van der Waals surface area contributed by atoms with Gasteiger partial charge in [-0.1, -0.05) is 25.5 Å². The van der Waals surface area contributed by atoms with Crippen LogP contribution in [-0.2, 0) is 13.1 Å². The van der Waals surface area contributed by atoms with Crippen LogP contribution in [0.1, 0.15) is 37.8 Å². The number of anilines is 2. The number of nitrogen functional groups attached to an aromatic ring is 1. The molecule has 37 heavy (non-hydrogen) atoms. The number of nitrogens with two attached hydrogens (primary N) is 2. The summed E-state index contributed by atoms with van der Waals surface area (Å²) in [5.41, 5.74) is 14.1. The Bertz CT molecular complexity index is 1250. The summed E-state index contributed by atoms with van der Waals surface area (Å²) in [5.74, 6) is 1.40. The second kappa shape index (κ2) is 12.4. The average molecular weight is 509 g/mol. The van der Waals surface area contributed by atoms with Gasteiger partial charge in [-0.2, -0.15) is 4.98 Å². The number of hydrogen-bond donors (Lipinski definition) is 3. The first-order valence-corrected chi connectivity index (χ1v) is 13.2. The summed E-state index contributed by atoms with van der Waals surface area (Å²) in [4.78, 5) is 27.1. The van der Waals surface area contributed by atoms with Crippen molar-refractivity contribution >= 4 is 22.7 Å². The lowest BCUT2D eigenvalue weighted by Crippen LogP contribution is -2.47. The van der Waals surface area contributed by atoms with Crippen molar-refractivity contribution in [1.82, 2.24) is 24.3 Å². The lowest BCUT2D eigenvalue weighted by Gasteiger charge is -2.34. The van der Waals surface area contributed by atoms with Gasteiger partial charge < -0.3 is 26.1 Å². The van der Waals surface area contributed by atoms with Crippen LogP contribution >= 0.6 is 0 Å². The maximum absolute atomic E-state index is 13.5. The molecule has 10 nitrogen and oxygen atoms in total. The Morgan fingerprint density at radius 2 is 1.86 bits per heavy atom. The van der Waals surface area contributed by atoms with E-state index >= 15 is 0 Å². The van der Waals surface area contributed by atoms with Crippen LogP contribution in [-0.4, -0.2) is 76.8 Å². The van der Waals surface area contributed by atoms with E-state index in [2.05, 4.69) is 57.1 Å². The van der Waals surface area contributed by atoms with Crippen molar-refractivity contribution < 1.29 is 4.74 Å². The Balaban J connectivity index is 1.55. The number of hydrogen-bond acceptors (Lipinski definition) is 9. The third-order valence-corrected chi connectivity index (χ3v) is 6.95. The summed E-state index contributed by atoms with van der Waals surface area (Å²) in [6.45, 7) is 11.2. The highest BCUT2D eigenvalue weighted by molar-refractivity contribution is 5.89. The number of methoxy groups -OCH3 is 1. The van der Waals surface area contributed by atoms with Crippen LogP contribution in [0, 0.1) is 0 Å². The smallest absolute Gasteiger partial charge is 0.264 e. The van der Waals surface area contributed by atoms with E-state index in [0.717, 1.165) is 63.4 Å². The zero-order valence-electron chi connectivity index (χ0n) is 22.2. The van der Waals surface area contributed by atoms with Crippen LogP contribution in [0.3, 0.4) is 0 Å². The molecule has 1 aliphatic rings. The predicted molar refractivity (Wildman–Crippen MR) is 149 cm³/mol. The van der Waals surface area contributed by atoms with Gasteiger partial charge in [0.05, 0.1) is 19.2 Å². The second-order valence-electron chi connectivity index (χ2n) is 9.83. The van der Waals surface area contributed by atoms with Crippen molar-refractivity contribution in [2.45, 2.75) is 45.8 Å². The van der Waals surface area contributed by atoms with Gasteiger partial charge in [0.2, 0.25) is 5.95 Å². The van der Waals surface area contributed by atoms with E-state index in [9.17, 15) is 4.79 Å². The van der Waals surface area contributed by atoms with E-state index in [-0.39, 0.29) is 17.5 Å². The van der Waals surface area contributed by atoms with Crippen LogP contribution in [0.4, 0.5) is 11.8 Å². The number of nitrogens with one attached hydrogen (secondary N) is 1. The summed E-state index contributed by atoms with van der Waals surface area (Å²) >= 11 is 0. The molecule has 1 atom stereocenters. The highest BCUT2D eigenvalue weighted by Crippen LogP contribution is 2.24. The second-order valence-corrected chi connectivity index (χ2v) is 9.83. The SMILES string of the molecule is CCC[C@@H](C)Nc1nc(N)nc2ccn(Cc3ccc(CN4CCN(CCN)CC4)cc3OC)c(=O)c12. The summed E-state index contributed by atoms with van der Waals surface area (Å²) in [7, 11) is 1.67. The molecule has 0 bridgehead atoms. The van der Waals surface area contributed by atoms with Crippen LogP contribution in [0.5, 0.6) is 5.75 Å². The zero-order valence-corrected chi connectivity index (χ0v) is 22.2. The fourth-order valence-electron chi connectivity index (χ4n) is 4.98. The molecule has 1 saturated heterocycles. The van der Waals surface area contributed by atoms with Gasteiger partial charge in [0.1, 0.15) is 17.0 Å². The monoisotopic (exact) mass is 508 g/mol. The molecule has 1 fully saturated rings. The number of nitrogens with zero attached hydrogens (tertiary/aromatic N) is 5. The maximum Gasteiger partial charge on any atom is 0.264 e. The minimum Gasteiger partial charge on any atom is -0.496 e. The molecule has 5 N–H and O–H groups in total. The third-order valence-electron chi connectivity index (χ3n) is 6.95. The largest absolute Gasteiger partial charge is 0.496 e. The number of aromatic nitrogens is 3. The fourth-order valence-corrected chi connectivity index (χ4v) is 4.98. The molecule has 0 radical (unpaired) electrons. The summed E-state index contributed by atoms with van der Waals surface area (Å²) in [5, 5.41) is 3.80. The molecule has 10 heteroatoms. The third kappa shape index (κ3) is 6.57. The van der Waals surface area contributed by atoms with E-state index in [1.54, 1.807) is 17.9 Å². The van der Waals surface area contributed by atoms with Gasteiger partial charge in [-0.05, 0) is 31.0 Å². The maximum atomic E-state index is 13.5. The molecule has 200 valence electrons. The zero-order chi connectivity index (χ0) is 26.4. The molecule has 0 saturated carbocycles. The molecule has 4 rings (SSSR count). The summed E-state index contributed by atoms with van der Waals surface area (Å²) in [6, 6.07) is 8.23. The number of fused-ring (bicyclic) bond motifs is 1. The topological polar surface area (TPSA) is 128 Å². The molecule has 0 aliphatic carbocycles. The lowest BCUT2D eigenvalue weighted by atomic mass is 10.1. The molecule has 0 amide bonds. The summed E-state index contributed by atoms with van der Waals surface area (Å²) < 4.78 is 7.41. The van der Waals surface area contributed by atoms with Gasteiger partial charge in [-0.3, -0.25) is 14.6 Å². The normalized spacial score (nSPS) is 15.7. The lowest BCUT2D eigenvalue weighted by molar-refractivity contribution is 0.130. The Kier molecular flexibility index (Phi) is 8.96. The first-order valence-electron chi connectivity index (χ1n) is 13.2. The molecule has 2 aromatic heterocycles. The summed E-state index contributed by atoms with van der Waals surface area (Å²) in [6.07, 6.45) is 3.74. The Morgan fingerprint density at radius 1 is 1.11 bits per heavy atom. The number of benzene rings is 1. The molecule has 1 aliphatic heterocycles. The molecule has 0 spiro atoms. The average Bonchev–Trinajstić information content (AvgIpc) is 2.87. The molecular formula is C27H40N8O2. The van der Waals surface area contributed by atoms with Crippen molar-refractivity contribution in [1.29, 1.82) is 0 Å². The Hall–Kier alpha value is -3.21. The van der Waals surface area contributed by atoms with Crippen molar-refractivity contribution in [2.24, 2.45) is 5.73 Å². The molecule has 3 aromatic rings. The highest BCUT2D eigenvalue weighted by atomic mass is 16.5. The number of piperazine rings is 1. The van der Waals surface area contributed by atoms with Crippen molar-refractivity contribution in [2.75, 3.05) is 57.4 Å². The fraction of sp³-hybridized carbons (Fsp3) is 0.519. The van der Waals surface area contributed by atoms with Crippen LogP contribution < -0.4 is 27.1 Å². The van der Waals surface area contributed by atoms with E-state index < -0.39 is 0 Å². The number of rotatable bonds is 11. The minimum absolute atomic E-state index is 0.147. The Morgan fingerprint density at radius 3 is 2.57 bits per heavy atom. The quantitative estimate of drug-likeness (QED) is 0.357. The van der Waals surface area contributed by atoms with E-state index in [4.69, 9.17) is 16.2 Å². The number of ether oxygens (including phenoxy) is 1. The van der Waals surface area contributed by atoms with Crippen LogP contribution in [0.15, 0.2) is 35.3 Å². The van der Waals surface area contributed by atoms with Gasteiger partial charge in [0, 0.05) is 63.6 Å². The number of pyridine rings is 1. The van der Waals surface area contributed by atoms with Gasteiger partial charge in [-0.25, -0.2) is 4.98 Å². The van der Waals surface area contributed by atoms with Crippen molar-refractivity contribution in [3.8, 4) is 5.75 Å². The van der Waals surface area contributed by atoms with Gasteiger partial charge in [0.25, 0.3) is 5.56 Å². The Labute approximate surface area is 218 Å². The minimum atomic E-state index is -0.162. The standard InChI is InChI=1S/C27H40N8O2/c1-4-5-19(2)30-25-24-22(31-27(29)32-25)8-10-35(26(24)36)18-21-7-6-20(16-23(21)37-3)17-34-14-12-33(11-9-28)13-15-34/h6-8,10,16,19H,4-5,9,11-15,17-18,28H2,1-3H3,(H3,29,30,31,32)/t19-/m1/s1. The predicted octanol–water partition coefficient (Wildman–Crippen LogP) is 2.11. The van der Waals surface area contributed by atoms with Gasteiger partial charge in [-0.15, -0.1) is 0 Å². The van der Waals surface area contributed by atoms with E-state index in [0.29, 0.717) is 29.8 Å². The van der Waals surface area contributed by atoms with Crippen molar-refractivity contribution in [3.05, 3.63) is 51.9 Å². The van der Waals surface area contributed by atoms with Crippen LogP contribution in [0.2, 0.25) is 0 Å². The highest BCUT2D eigenvalue weighted by Gasteiger charge is 2.18. The molecule has 1 aromatic carbocycles. The van der Waals surface area contributed by atoms with Gasteiger partial charge >= 0.3 is 0 Å². The molecule has 0 unspecified atom stereocenters. The van der Waals surface area contributed by atoms with Crippen LogP contribution in [0.25, 0.3) is 10.9 Å². The van der Waals surface area contributed by atoms with Gasteiger partial charge in [0.15, 0.2) is 0 Å². The van der Waals surface area contributed by atoms with E-state index in [1.807, 2.05) is 6.07 Å².